The Balaban J connectivity index is 2.61. The molecule has 5 nitrogen and oxygen atoms in total. The van der Waals surface area contributed by atoms with Crippen molar-refractivity contribution in [1.29, 1.82) is 0 Å². The summed E-state index contributed by atoms with van der Waals surface area (Å²) in [4.78, 5) is 24.1. The van der Waals surface area contributed by atoms with Crippen molar-refractivity contribution in [2.45, 2.75) is 39.4 Å². The first-order chi connectivity index (χ1) is 6.79. The van der Waals surface area contributed by atoms with Gasteiger partial charge in [0.15, 0.2) is 0 Å². The van der Waals surface area contributed by atoms with Crippen LogP contribution in [0.1, 0.15) is 27.7 Å². The fourth-order valence-corrected chi connectivity index (χ4v) is 1.20. The summed E-state index contributed by atoms with van der Waals surface area (Å²) in [5.41, 5.74) is -0.584. The van der Waals surface area contributed by atoms with Crippen LogP contribution < -0.4 is 0 Å². The lowest BCUT2D eigenvalue weighted by Gasteiger charge is -2.31. The average Bonchev–Trinajstić information content (AvgIpc) is 2.06. The van der Waals surface area contributed by atoms with E-state index in [1.807, 2.05) is 6.92 Å². The van der Waals surface area contributed by atoms with Gasteiger partial charge in [-0.3, -0.25) is 4.79 Å². The number of ether oxygens (including phenoxy) is 2. The minimum atomic E-state index is -0.595. The highest BCUT2D eigenvalue weighted by Gasteiger charge is 2.32. The van der Waals surface area contributed by atoms with Crippen molar-refractivity contribution >= 4 is 12.0 Å². The van der Waals surface area contributed by atoms with Gasteiger partial charge in [-0.05, 0) is 27.7 Å². The van der Waals surface area contributed by atoms with Gasteiger partial charge in [0, 0.05) is 0 Å². The third-order valence-electron chi connectivity index (χ3n) is 1.85. The summed E-state index contributed by atoms with van der Waals surface area (Å²) in [5.74, 6) is -0.345. The first kappa shape index (κ1) is 12.0. The number of amides is 2. The fraction of sp³-hybridized carbons (Fsp3) is 0.800. The van der Waals surface area contributed by atoms with Crippen molar-refractivity contribution < 1.29 is 19.1 Å². The lowest BCUT2D eigenvalue weighted by Crippen LogP contribution is -2.50. The first-order valence-corrected chi connectivity index (χ1v) is 4.94. The van der Waals surface area contributed by atoms with E-state index in [1.165, 1.54) is 0 Å². The Morgan fingerprint density at radius 2 is 2.13 bits per heavy atom. The van der Waals surface area contributed by atoms with E-state index in [2.05, 4.69) is 0 Å². The molecule has 1 aliphatic heterocycles. The first-order valence-electron chi connectivity index (χ1n) is 4.94. The van der Waals surface area contributed by atoms with Gasteiger partial charge < -0.3 is 9.47 Å². The Labute approximate surface area is 89.3 Å². The zero-order valence-corrected chi connectivity index (χ0v) is 9.57. The highest BCUT2D eigenvalue weighted by molar-refractivity contribution is 5.93. The minimum Gasteiger partial charge on any atom is -0.443 e. The standard InChI is InChI=1S/C10H17NO4/c1-7-5-11(8(12)6-14-7)9(13)15-10(2,3)4/h7H,5-6H2,1-4H3. The molecule has 0 aromatic heterocycles. The van der Waals surface area contributed by atoms with Crippen LogP contribution in [-0.4, -0.2) is 41.8 Å². The third kappa shape index (κ3) is 3.51. The zero-order chi connectivity index (χ0) is 11.6. The second-order valence-electron chi connectivity index (χ2n) is 4.61. The van der Waals surface area contributed by atoms with Gasteiger partial charge in [-0.1, -0.05) is 0 Å². The summed E-state index contributed by atoms with van der Waals surface area (Å²) in [7, 11) is 0. The van der Waals surface area contributed by atoms with Gasteiger partial charge in [0.25, 0.3) is 5.91 Å². The van der Waals surface area contributed by atoms with Crippen LogP contribution in [-0.2, 0) is 14.3 Å². The van der Waals surface area contributed by atoms with Gasteiger partial charge >= 0.3 is 6.09 Å². The lowest BCUT2D eigenvalue weighted by atomic mass is 10.2. The minimum absolute atomic E-state index is 0.0551. The number of carbonyl (C=O) groups is 2. The van der Waals surface area contributed by atoms with Crippen LogP contribution in [0, 0.1) is 0 Å². The van der Waals surface area contributed by atoms with Crippen LogP contribution in [0.15, 0.2) is 0 Å². The van der Waals surface area contributed by atoms with E-state index in [9.17, 15) is 9.59 Å². The second kappa shape index (κ2) is 4.18. The molecule has 1 rings (SSSR count). The van der Waals surface area contributed by atoms with E-state index in [0.717, 1.165) is 4.90 Å². The van der Waals surface area contributed by atoms with Crippen molar-refractivity contribution in [2.24, 2.45) is 0 Å². The Hall–Kier alpha value is -1.10. The highest BCUT2D eigenvalue weighted by Crippen LogP contribution is 2.13. The average molecular weight is 215 g/mol. The molecule has 86 valence electrons. The molecule has 5 heteroatoms. The summed E-state index contributed by atoms with van der Waals surface area (Å²) < 4.78 is 10.2. The Morgan fingerprint density at radius 1 is 1.53 bits per heavy atom. The molecule has 0 saturated carbocycles. The van der Waals surface area contributed by atoms with Gasteiger partial charge in [-0.15, -0.1) is 0 Å². The van der Waals surface area contributed by atoms with E-state index in [1.54, 1.807) is 20.8 Å². The maximum atomic E-state index is 11.6. The zero-order valence-electron chi connectivity index (χ0n) is 9.57. The van der Waals surface area contributed by atoms with E-state index < -0.39 is 11.7 Å². The largest absolute Gasteiger partial charge is 0.443 e. The molecule has 0 radical (unpaired) electrons. The van der Waals surface area contributed by atoms with E-state index in [0.29, 0.717) is 0 Å². The summed E-state index contributed by atoms with van der Waals surface area (Å²) >= 11 is 0. The topological polar surface area (TPSA) is 55.8 Å². The summed E-state index contributed by atoms with van der Waals surface area (Å²) in [6, 6.07) is 0. The molecule has 1 fully saturated rings. The second-order valence-corrected chi connectivity index (χ2v) is 4.61. The number of hydrogen-bond acceptors (Lipinski definition) is 4. The van der Waals surface area contributed by atoms with Gasteiger partial charge in [0.05, 0.1) is 12.6 Å². The lowest BCUT2D eigenvalue weighted by molar-refractivity contribution is -0.146. The van der Waals surface area contributed by atoms with Gasteiger partial charge in [-0.2, -0.15) is 0 Å². The number of rotatable bonds is 0. The maximum Gasteiger partial charge on any atom is 0.417 e. The summed E-state index contributed by atoms with van der Waals surface area (Å²) in [5, 5.41) is 0. The summed E-state index contributed by atoms with van der Waals surface area (Å²) in [6.07, 6.45) is -0.724. The molecule has 1 unspecified atom stereocenters. The molecule has 0 N–H and O–H groups in total. The van der Waals surface area contributed by atoms with Crippen LogP contribution in [0.3, 0.4) is 0 Å². The quantitative estimate of drug-likeness (QED) is 0.608. The van der Waals surface area contributed by atoms with Gasteiger partial charge in [0.1, 0.15) is 12.2 Å². The molecule has 1 saturated heterocycles. The third-order valence-corrected chi connectivity index (χ3v) is 1.85. The SMILES string of the molecule is CC1CN(C(=O)OC(C)(C)C)C(=O)CO1. The molecule has 1 aliphatic rings. The van der Waals surface area contributed by atoms with Crippen molar-refractivity contribution in [3.05, 3.63) is 0 Å². The monoisotopic (exact) mass is 215 g/mol. The van der Waals surface area contributed by atoms with Crippen LogP contribution in [0.5, 0.6) is 0 Å². The van der Waals surface area contributed by atoms with Crippen molar-refractivity contribution in [2.75, 3.05) is 13.2 Å². The Bertz CT molecular complexity index is 269. The Kier molecular flexibility index (Phi) is 3.34. The molecule has 0 aromatic rings. The molecule has 0 aromatic carbocycles. The maximum absolute atomic E-state index is 11.6. The highest BCUT2D eigenvalue weighted by atomic mass is 16.6. The predicted molar refractivity (Wildman–Crippen MR) is 53.4 cm³/mol. The number of hydrogen-bond donors (Lipinski definition) is 0. The smallest absolute Gasteiger partial charge is 0.417 e. The number of imide groups is 1. The van der Waals surface area contributed by atoms with Gasteiger partial charge in [0.2, 0.25) is 0 Å². The molecular formula is C10H17NO4. The summed E-state index contributed by atoms with van der Waals surface area (Å²) in [6.45, 7) is 7.30. The fourth-order valence-electron chi connectivity index (χ4n) is 1.20. The molecule has 1 heterocycles. The molecular weight excluding hydrogens is 198 g/mol. The normalized spacial score (nSPS) is 22.8. The predicted octanol–water partition coefficient (Wildman–Crippen LogP) is 1.17. The van der Waals surface area contributed by atoms with E-state index >= 15 is 0 Å². The molecule has 0 bridgehead atoms. The molecule has 0 aliphatic carbocycles. The van der Waals surface area contributed by atoms with Crippen LogP contribution >= 0.6 is 0 Å². The number of morpholine rings is 1. The van der Waals surface area contributed by atoms with E-state index in [4.69, 9.17) is 9.47 Å². The van der Waals surface area contributed by atoms with Crippen molar-refractivity contribution in [1.82, 2.24) is 4.90 Å². The van der Waals surface area contributed by atoms with Crippen LogP contribution in [0.2, 0.25) is 0 Å². The van der Waals surface area contributed by atoms with Crippen LogP contribution in [0.4, 0.5) is 4.79 Å². The molecule has 1 atom stereocenters. The van der Waals surface area contributed by atoms with Gasteiger partial charge in [-0.25, -0.2) is 9.69 Å². The van der Waals surface area contributed by atoms with E-state index in [-0.39, 0.29) is 25.2 Å². The van der Waals surface area contributed by atoms with Crippen molar-refractivity contribution in [3.8, 4) is 0 Å². The van der Waals surface area contributed by atoms with Crippen LogP contribution in [0.25, 0.3) is 0 Å². The number of nitrogens with zero attached hydrogens (tertiary/aromatic N) is 1. The molecule has 2 amide bonds. The number of carbonyl (C=O) groups excluding carboxylic acids is 2. The molecule has 0 spiro atoms. The Morgan fingerprint density at radius 3 is 2.67 bits per heavy atom. The molecule has 15 heavy (non-hydrogen) atoms. The van der Waals surface area contributed by atoms with Crippen molar-refractivity contribution in [3.63, 3.8) is 0 Å².